The minimum absolute atomic E-state index is 0.471. The molecule has 20 heavy (non-hydrogen) atoms. The second-order valence-electron chi connectivity index (χ2n) is 5.76. The van der Waals surface area contributed by atoms with Gasteiger partial charge in [-0.3, -0.25) is 4.68 Å². The molecule has 0 aliphatic carbocycles. The normalized spacial score (nSPS) is 13.2. The van der Waals surface area contributed by atoms with Crippen LogP contribution in [0.5, 0.6) is 0 Å². The second kappa shape index (κ2) is 8.96. The van der Waals surface area contributed by atoms with E-state index in [1.54, 1.807) is 4.68 Å². The highest BCUT2D eigenvalue weighted by Crippen LogP contribution is 2.21. The van der Waals surface area contributed by atoms with Crippen LogP contribution in [0.15, 0.2) is 0 Å². The average Bonchev–Trinajstić information content (AvgIpc) is 2.61. The van der Waals surface area contributed by atoms with E-state index in [4.69, 9.17) is 11.6 Å². The summed E-state index contributed by atoms with van der Waals surface area (Å²) in [4.78, 5) is 0. The van der Waals surface area contributed by atoms with E-state index in [2.05, 4.69) is 31.2 Å². The maximum Gasteiger partial charge on any atom is 0.130 e. The van der Waals surface area contributed by atoms with Gasteiger partial charge in [0.2, 0.25) is 0 Å². The largest absolute Gasteiger partial charge is 0.313 e. The number of hydrogen-bond acceptors (Lipinski definition) is 3. The Kier molecular flexibility index (Phi) is 8.00. The molecular formula is C15H28ClN3S. The van der Waals surface area contributed by atoms with Gasteiger partial charge in [0.1, 0.15) is 5.15 Å². The Hall–Kier alpha value is -0.190. The number of aromatic nitrogens is 2. The van der Waals surface area contributed by atoms with Gasteiger partial charge < -0.3 is 5.32 Å². The minimum Gasteiger partial charge on any atom is -0.313 e. The van der Waals surface area contributed by atoms with Gasteiger partial charge in [-0.1, -0.05) is 32.4 Å². The van der Waals surface area contributed by atoms with Crippen molar-refractivity contribution in [3.8, 4) is 0 Å². The second-order valence-corrected chi connectivity index (χ2v) is 7.20. The molecule has 116 valence electrons. The van der Waals surface area contributed by atoms with E-state index in [0.29, 0.717) is 6.04 Å². The molecule has 1 atom stereocenters. The Morgan fingerprint density at radius 3 is 2.55 bits per heavy atom. The maximum absolute atomic E-state index is 6.34. The first-order valence-corrected chi connectivity index (χ1v) is 8.98. The number of nitrogens with one attached hydrogen (secondary N) is 1. The van der Waals surface area contributed by atoms with Crippen LogP contribution in [-0.4, -0.2) is 33.9 Å². The van der Waals surface area contributed by atoms with E-state index in [-0.39, 0.29) is 0 Å². The zero-order valence-corrected chi connectivity index (χ0v) is 14.9. The van der Waals surface area contributed by atoms with Crippen molar-refractivity contribution in [1.29, 1.82) is 0 Å². The summed E-state index contributed by atoms with van der Waals surface area (Å²) in [7, 11) is 1.90. The van der Waals surface area contributed by atoms with Gasteiger partial charge in [0, 0.05) is 24.4 Å². The average molecular weight is 318 g/mol. The number of hydrogen-bond donors (Lipinski definition) is 1. The van der Waals surface area contributed by atoms with Crippen molar-refractivity contribution >= 4 is 23.4 Å². The Morgan fingerprint density at radius 2 is 2.05 bits per heavy atom. The van der Waals surface area contributed by atoms with E-state index >= 15 is 0 Å². The third kappa shape index (κ3) is 5.66. The summed E-state index contributed by atoms with van der Waals surface area (Å²) in [6.45, 7) is 9.84. The van der Waals surface area contributed by atoms with Gasteiger partial charge in [0.15, 0.2) is 0 Å². The fourth-order valence-corrected chi connectivity index (χ4v) is 3.52. The molecule has 1 aromatic rings. The summed E-state index contributed by atoms with van der Waals surface area (Å²) in [5.41, 5.74) is 2.24. The quantitative estimate of drug-likeness (QED) is 0.753. The van der Waals surface area contributed by atoms with Crippen molar-refractivity contribution in [2.24, 2.45) is 13.0 Å². The molecule has 0 amide bonds. The van der Waals surface area contributed by atoms with Crippen LogP contribution in [0.4, 0.5) is 0 Å². The first-order chi connectivity index (χ1) is 9.45. The van der Waals surface area contributed by atoms with E-state index in [1.807, 2.05) is 25.7 Å². The molecule has 0 bridgehead atoms. The maximum atomic E-state index is 6.34. The molecule has 0 saturated heterocycles. The molecule has 0 fully saturated rings. The summed E-state index contributed by atoms with van der Waals surface area (Å²) in [5, 5.41) is 8.82. The molecule has 0 aromatic carbocycles. The lowest BCUT2D eigenvalue weighted by molar-refractivity contribution is 0.548. The predicted molar refractivity (Wildman–Crippen MR) is 90.9 cm³/mol. The van der Waals surface area contributed by atoms with Gasteiger partial charge in [-0.05, 0) is 38.0 Å². The molecule has 5 heteroatoms. The highest BCUT2D eigenvalue weighted by atomic mass is 35.5. The van der Waals surface area contributed by atoms with E-state index in [9.17, 15) is 0 Å². The number of halogens is 1. The smallest absolute Gasteiger partial charge is 0.130 e. The lowest BCUT2D eigenvalue weighted by Crippen LogP contribution is -2.34. The van der Waals surface area contributed by atoms with Gasteiger partial charge >= 0.3 is 0 Å². The topological polar surface area (TPSA) is 29.9 Å². The van der Waals surface area contributed by atoms with Crippen LogP contribution in [0.3, 0.4) is 0 Å². The highest BCUT2D eigenvalue weighted by Gasteiger charge is 2.17. The zero-order valence-electron chi connectivity index (χ0n) is 13.4. The minimum atomic E-state index is 0.471. The van der Waals surface area contributed by atoms with Crippen LogP contribution >= 0.6 is 23.4 Å². The van der Waals surface area contributed by atoms with Crippen LogP contribution in [0.25, 0.3) is 0 Å². The van der Waals surface area contributed by atoms with E-state index < -0.39 is 0 Å². The number of rotatable bonds is 9. The molecule has 1 heterocycles. The fraction of sp³-hybridized carbons (Fsp3) is 0.800. The van der Waals surface area contributed by atoms with E-state index in [0.717, 1.165) is 41.9 Å². The van der Waals surface area contributed by atoms with Crippen molar-refractivity contribution < 1.29 is 0 Å². The van der Waals surface area contributed by atoms with Crippen molar-refractivity contribution in [1.82, 2.24) is 15.1 Å². The summed E-state index contributed by atoms with van der Waals surface area (Å²) < 4.78 is 1.77. The molecule has 0 aliphatic rings. The molecule has 0 saturated carbocycles. The number of aryl methyl sites for hydroxylation is 2. The van der Waals surface area contributed by atoms with Gasteiger partial charge in [-0.2, -0.15) is 16.9 Å². The molecule has 1 rings (SSSR count). The summed E-state index contributed by atoms with van der Waals surface area (Å²) in [6, 6.07) is 0.471. The van der Waals surface area contributed by atoms with Gasteiger partial charge in [0.25, 0.3) is 0 Å². The lowest BCUT2D eigenvalue weighted by Gasteiger charge is -2.19. The third-order valence-electron chi connectivity index (χ3n) is 3.17. The van der Waals surface area contributed by atoms with Gasteiger partial charge in [-0.25, -0.2) is 0 Å². The molecular weight excluding hydrogens is 290 g/mol. The monoisotopic (exact) mass is 317 g/mol. The molecule has 1 unspecified atom stereocenters. The Morgan fingerprint density at radius 1 is 1.35 bits per heavy atom. The first-order valence-electron chi connectivity index (χ1n) is 7.44. The van der Waals surface area contributed by atoms with Gasteiger partial charge in [-0.15, -0.1) is 0 Å². The van der Waals surface area contributed by atoms with Crippen LogP contribution in [0, 0.1) is 12.8 Å². The van der Waals surface area contributed by atoms with Crippen LogP contribution < -0.4 is 5.32 Å². The highest BCUT2D eigenvalue weighted by molar-refractivity contribution is 7.99. The van der Waals surface area contributed by atoms with Crippen LogP contribution in [0.2, 0.25) is 5.15 Å². The fourth-order valence-electron chi connectivity index (χ4n) is 2.14. The van der Waals surface area contributed by atoms with Crippen LogP contribution in [0.1, 0.15) is 38.4 Å². The number of nitrogens with zero attached hydrogens (tertiary/aromatic N) is 2. The summed E-state index contributed by atoms with van der Waals surface area (Å²) in [5.74, 6) is 3.09. The zero-order chi connectivity index (χ0) is 15.1. The SMILES string of the molecule is CCCNC(CSCC(C)C)Cc1c(C)nn(C)c1Cl. The lowest BCUT2D eigenvalue weighted by atomic mass is 10.1. The summed E-state index contributed by atoms with van der Waals surface area (Å²) >= 11 is 8.37. The van der Waals surface area contributed by atoms with E-state index in [1.165, 1.54) is 11.3 Å². The molecule has 1 aromatic heterocycles. The molecule has 1 N–H and O–H groups in total. The Bertz CT molecular complexity index is 404. The molecule has 3 nitrogen and oxygen atoms in total. The van der Waals surface area contributed by atoms with Gasteiger partial charge in [0.05, 0.1) is 5.69 Å². The first kappa shape index (κ1) is 17.9. The predicted octanol–water partition coefficient (Wildman–Crippen LogP) is 3.68. The standard InChI is InChI=1S/C15H28ClN3S/c1-6-7-17-13(10-20-9-11(2)3)8-14-12(4)18-19(5)15(14)16/h11,13,17H,6-10H2,1-5H3. The molecule has 0 radical (unpaired) electrons. The number of thioether (sulfide) groups is 1. The van der Waals surface area contributed by atoms with Crippen molar-refractivity contribution in [3.63, 3.8) is 0 Å². The van der Waals surface area contributed by atoms with Crippen molar-refractivity contribution in [3.05, 3.63) is 16.4 Å². The molecule has 0 aliphatic heterocycles. The molecule has 0 spiro atoms. The van der Waals surface area contributed by atoms with Crippen molar-refractivity contribution in [2.75, 3.05) is 18.1 Å². The Labute approximate surface area is 132 Å². The van der Waals surface area contributed by atoms with Crippen molar-refractivity contribution in [2.45, 2.75) is 46.6 Å². The third-order valence-corrected chi connectivity index (χ3v) is 5.19. The Balaban J connectivity index is 2.63. The summed E-state index contributed by atoms with van der Waals surface area (Å²) in [6.07, 6.45) is 2.12. The van der Waals surface area contributed by atoms with Crippen LogP contribution in [-0.2, 0) is 13.5 Å².